The number of carbonyl (C=O) groups is 1. The zero-order valence-corrected chi connectivity index (χ0v) is 13.2. The lowest BCUT2D eigenvalue weighted by atomic mass is 10.0. The molecule has 0 saturated carbocycles. The summed E-state index contributed by atoms with van der Waals surface area (Å²) in [5.41, 5.74) is 2.56. The van der Waals surface area contributed by atoms with Crippen molar-refractivity contribution in [3.05, 3.63) is 74.8 Å². The molecule has 0 N–H and O–H groups in total. The second kappa shape index (κ2) is 6.87. The number of methoxy groups -OCH3 is 1. The van der Waals surface area contributed by atoms with Crippen LogP contribution >= 0.6 is 0 Å². The Morgan fingerprint density at radius 1 is 1.13 bits per heavy atom. The van der Waals surface area contributed by atoms with Gasteiger partial charge >= 0.3 is 0 Å². The highest BCUT2D eigenvalue weighted by Crippen LogP contribution is 2.22. The lowest BCUT2D eigenvalue weighted by molar-refractivity contribution is -0.385. The smallest absolute Gasteiger partial charge is 0.276 e. The van der Waals surface area contributed by atoms with E-state index < -0.39 is 4.92 Å². The second-order valence-electron chi connectivity index (χ2n) is 5.26. The minimum atomic E-state index is -0.452. The topological polar surface area (TPSA) is 69.4 Å². The molecule has 0 fully saturated rings. The summed E-state index contributed by atoms with van der Waals surface area (Å²) in [4.78, 5) is 22.9. The van der Waals surface area contributed by atoms with Crippen molar-refractivity contribution in [1.29, 1.82) is 0 Å². The van der Waals surface area contributed by atoms with Gasteiger partial charge in [-0.15, -0.1) is 0 Å². The molecule has 0 atom stereocenters. The standard InChI is InChI=1S/C18H17NO4/c1-12-4-5-14(17(10-12)19(21)22)6-7-18(20)15-8-13(2)9-16(11-15)23-3/h4-11H,1-3H3/b7-6+. The van der Waals surface area contributed by atoms with E-state index in [1.54, 1.807) is 31.2 Å². The SMILES string of the molecule is COc1cc(C)cc(C(=O)/C=C/c2ccc(C)cc2[N+](=O)[O-])c1. The van der Waals surface area contributed by atoms with Crippen molar-refractivity contribution >= 4 is 17.5 Å². The van der Waals surface area contributed by atoms with Crippen molar-refractivity contribution in [2.45, 2.75) is 13.8 Å². The van der Waals surface area contributed by atoms with E-state index in [9.17, 15) is 14.9 Å². The molecule has 0 aromatic heterocycles. The number of allylic oxidation sites excluding steroid dienone is 1. The van der Waals surface area contributed by atoms with Crippen molar-refractivity contribution in [3.63, 3.8) is 0 Å². The number of nitro benzene ring substituents is 1. The number of ether oxygens (including phenoxy) is 1. The fraction of sp³-hybridized carbons (Fsp3) is 0.167. The van der Waals surface area contributed by atoms with Crippen LogP contribution < -0.4 is 4.74 Å². The van der Waals surface area contributed by atoms with E-state index in [1.807, 2.05) is 13.0 Å². The van der Waals surface area contributed by atoms with E-state index in [0.29, 0.717) is 16.9 Å². The summed E-state index contributed by atoms with van der Waals surface area (Å²) in [6.45, 7) is 3.65. The second-order valence-corrected chi connectivity index (χ2v) is 5.26. The molecule has 0 unspecified atom stereocenters. The van der Waals surface area contributed by atoms with Gasteiger partial charge in [-0.2, -0.15) is 0 Å². The molecule has 2 rings (SSSR count). The zero-order chi connectivity index (χ0) is 17.0. The minimum absolute atomic E-state index is 0.0177. The molecule has 0 aliphatic heterocycles. The molecule has 0 aliphatic carbocycles. The number of benzene rings is 2. The van der Waals surface area contributed by atoms with E-state index in [1.165, 1.54) is 25.3 Å². The fourth-order valence-electron chi connectivity index (χ4n) is 2.22. The molecule has 23 heavy (non-hydrogen) atoms. The molecular formula is C18H17NO4. The quantitative estimate of drug-likeness (QED) is 0.360. The van der Waals surface area contributed by atoms with Gasteiger partial charge in [0.25, 0.3) is 5.69 Å². The molecule has 5 nitrogen and oxygen atoms in total. The summed E-state index contributed by atoms with van der Waals surface area (Å²) in [7, 11) is 1.54. The number of hydrogen-bond acceptors (Lipinski definition) is 4. The fourth-order valence-corrected chi connectivity index (χ4v) is 2.22. The van der Waals surface area contributed by atoms with Crippen LogP contribution in [0, 0.1) is 24.0 Å². The van der Waals surface area contributed by atoms with Crippen LogP contribution in [0.5, 0.6) is 5.75 Å². The lowest BCUT2D eigenvalue weighted by Crippen LogP contribution is -1.97. The Kier molecular flexibility index (Phi) is 4.91. The van der Waals surface area contributed by atoms with Crippen LogP contribution in [0.3, 0.4) is 0 Å². The van der Waals surface area contributed by atoms with Crippen LogP contribution in [0.2, 0.25) is 0 Å². The number of nitrogens with zero attached hydrogens (tertiary/aromatic N) is 1. The van der Waals surface area contributed by atoms with E-state index >= 15 is 0 Å². The Hall–Kier alpha value is -2.95. The summed E-state index contributed by atoms with van der Waals surface area (Å²) >= 11 is 0. The van der Waals surface area contributed by atoms with Crippen molar-refractivity contribution in [3.8, 4) is 5.75 Å². The predicted octanol–water partition coefficient (Wildman–Crippen LogP) is 4.12. The third kappa shape index (κ3) is 4.03. The van der Waals surface area contributed by atoms with Gasteiger partial charge in [0.2, 0.25) is 0 Å². The van der Waals surface area contributed by atoms with Gasteiger partial charge in [-0.1, -0.05) is 6.07 Å². The summed E-state index contributed by atoms with van der Waals surface area (Å²) in [6.07, 6.45) is 2.81. The normalized spacial score (nSPS) is 10.7. The van der Waals surface area contributed by atoms with E-state index in [0.717, 1.165) is 11.1 Å². The number of ketones is 1. The third-order valence-electron chi connectivity index (χ3n) is 3.37. The first kappa shape index (κ1) is 16.4. The van der Waals surface area contributed by atoms with Crippen molar-refractivity contribution in [2.75, 3.05) is 7.11 Å². The van der Waals surface area contributed by atoms with Crippen molar-refractivity contribution < 1.29 is 14.5 Å². The van der Waals surface area contributed by atoms with Crippen LogP contribution in [-0.2, 0) is 0 Å². The highest BCUT2D eigenvalue weighted by Gasteiger charge is 2.12. The lowest BCUT2D eigenvalue weighted by Gasteiger charge is -2.04. The molecule has 118 valence electrons. The minimum Gasteiger partial charge on any atom is -0.497 e. The van der Waals surface area contributed by atoms with E-state index in [-0.39, 0.29) is 11.5 Å². The van der Waals surface area contributed by atoms with Crippen LogP contribution in [-0.4, -0.2) is 17.8 Å². The number of nitro groups is 1. The molecule has 2 aromatic carbocycles. The van der Waals surface area contributed by atoms with E-state index in [4.69, 9.17) is 4.74 Å². The summed E-state index contributed by atoms with van der Waals surface area (Å²) in [6, 6.07) is 10.1. The molecule has 2 aromatic rings. The average molecular weight is 311 g/mol. The zero-order valence-electron chi connectivity index (χ0n) is 13.2. The Balaban J connectivity index is 2.32. The predicted molar refractivity (Wildman–Crippen MR) is 88.9 cm³/mol. The maximum atomic E-state index is 12.3. The van der Waals surface area contributed by atoms with E-state index in [2.05, 4.69) is 0 Å². The van der Waals surface area contributed by atoms with Crippen LogP contribution in [0.1, 0.15) is 27.0 Å². The van der Waals surface area contributed by atoms with Gasteiger partial charge in [-0.05, 0) is 61.4 Å². The van der Waals surface area contributed by atoms with Crippen molar-refractivity contribution in [2.24, 2.45) is 0 Å². The maximum Gasteiger partial charge on any atom is 0.276 e. The monoisotopic (exact) mass is 311 g/mol. The van der Waals surface area contributed by atoms with Crippen LogP contribution in [0.25, 0.3) is 6.08 Å². The molecule has 0 bridgehead atoms. The molecule has 5 heteroatoms. The van der Waals surface area contributed by atoms with Gasteiger partial charge in [0.15, 0.2) is 5.78 Å². The van der Waals surface area contributed by atoms with Gasteiger partial charge in [0.05, 0.1) is 17.6 Å². The van der Waals surface area contributed by atoms with Crippen molar-refractivity contribution in [1.82, 2.24) is 0 Å². The van der Waals surface area contributed by atoms with Gasteiger partial charge in [0, 0.05) is 11.6 Å². The first-order chi connectivity index (χ1) is 10.9. The third-order valence-corrected chi connectivity index (χ3v) is 3.37. The number of aryl methyl sites for hydroxylation is 2. The molecule has 0 amide bonds. The summed E-state index contributed by atoms with van der Waals surface area (Å²) < 4.78 is 5.15. The molecule has 0 saturated heterocycles. The Bertz CT molecular complexity index is 794. The molecular weight excluding hydrogens is 294 g/mol. The highest BCUT2D eigenvalue weighted by molar-refractivity contribution is 6.07. The largest absolute Gasteiger partial charge is 0.497 e. The Morgan fingerprint density at radius 2 is 1.87 bits per heavy atom. The molecule has 0 radical (unpaired) electrons. The summed E-state index contributed by atoms with van der Waals surface area (Å²) in [5, 5.41) is 11.1. The average Bonchev–Trinajstić information content (AvgIpc) is 2.52. The highest BCUT2D eigenvalue weighted by atomic mass is 16.6. The first-order valence-corrected chi connectivity index (χ1v) is 7.04. The molecule has 0 heterocycles. The number of hydrogen-bond donors (Lipinski definition) is 0. The van der Waals surface area contributed by atoms with Gasteiger partial charge < -0.3 is 4.74 Å². The first-order valence-electron chi connectivity index (χ1n) is 7.04. The number of carbonyl (C=O) groups excluding carboxylic acids is 1. The van der Waals surface area contributed by atoms with Gasteiger partial charge in [-0.25, -0.2) is 0 Å². The summed E-state index contributed by atoms with van der Waals surface area (Å²) in [5.74, 6) is 0.366. The van der Waals surface area contributed by atoms with Gasteiger partial charge in [0.1, 0.15) is 5.75 Å². The maximum absolute atomic E-state index is 12.3. The number of rotatable bonds is 5. The Labute approximate surface area is 134 Å². The van der Waals surface area contributed by atoms with Gasteiger partial charge in [-0.3, -0.25) is 14.9 Å². The Morgan fingerprint density at radius 3 is 2.52 bits per heavy atom. The van der Waals surface area contributed by atoms with Crippen LogP contribution in [0.15, 0.2) is 42.5 Å². The molecule has 0 spiro atoms. The van der Waals surface area contributed by atoms with Crippen LogP contribution in [0.4, 0.5) is 5.69 Å². The molecule has 0 aliphatic rings.